The molecule has 93 heavy (non-hydrogen) atoms. The number of aliphatic hydroxyl groups is 10. The Morgan fingerprint density at radius 1 is 0.409 bits per heavy atom. The number of esters is 3. The summed E-state index contributed by atoms with van der Waals surface area (Å²) in [6, 6.07) is 0. The second-order valence-corrected chi connectivity index (χ2v) is 27.4. The van der Waals surface area contributed by atoms with Crippen molar-refractivity contribution in [3.8, 4) is 0 Å². The molecule has 25 heteroatoms. The minimum Gasteiger partial charge on any atom is -0.463 e. The van der Waals surface area contributed by atoms with Crippen LogP contribution in [0.25, 0.3) is 0 Å². The van der Waals surface area contributed by atoms with Crippen molar-refractivity contribution in [1.29, 1.82) is 0 Å². The van der Waals surface area contributed by atoms with E-state index in [0.717, 1.165) is 116 Å². The maximum Gasteiger partial charge on any atom is 0.472 e. The number of carbonyl (C=O) groups excluding carboxylic acids is 3. The highest BCUT2D eigenvalue weighted by Crippen LogP contribution is 2.49. The van der Waals surface area contributed by atoms with E-state index in [2.05, 4.69) is 32.9 Å². The molecule has 1 saturated carbocycles. The first-order valence-electron chi connectivity index (χ1n) is 36.0. The van der Waals surface area contributed by atoms with Crippen LogP contribution in [0.4, 0.5) is 0 Å². The van der Waals surface area contributed by atoms with Gasteiger partial charge in [0.25, 0.3) is 0 Å². The van der Waals surface area contributed by atoms with Gasteiger partial charge in [-0.15, -0.1) is 0 Å². The first-order valence-corrected chi connectivity index (χ1v) is 37.5. The number of aliphatic hydroxyl groups excluding tert-OH is 10. The van der Waals surface area contributed by atoms with Gasteiger partial charge in [-0.1, -0.05) is 219 Å². The molecule has 0 amide bonds. The van der Waals surface area contributed by atoms with E-state index in [-0.39, 0.29) is 19.3 Å². The second-order valence-electron chi connectivity index (χ2n) is 26.0. The number of unbranched alkanes of at least 4 members (excludes halogenated alkanes) is 32. The zero-order valence-electron chi connectivity index (χ0n) is 56.5. The van der Waals surface area contributed by atoms with E-state index in [9.17, 15) is 74.9 Å². The van der Waals surface area contributed by atoms with Crippen LogP contribution < -0.4 is 0 Å². The fraction of sp³-hybridized carbons (Fsp3) is 0.926. The quantitative estimate of drug-likeness (QED) is 0.00890. The van der Waals surface area contributed by atoms with Gasteiger partial charge in [-0.3, -0.25) is 23.4 Å². The Morgan fingerprint density at radius 2 is 0.753 bits per heavy atom. The molecule has 1 aliphatic carbocycles. The Bertz CT molecular complexity index is 1990. The Balaban J connectivity index is 1.76. The van der Waals surface area contributed by atoms with Gasteiger partial charge in [0.15, 0.2) is 18.7 Å². The van der Waals surface area contributed by atoms with E-state index < -0.39 is 156 Å². The summed E-state index contributed by atoms with van der Waals surface area (Å²) in [4.78, 5) is 50.8. The summed E-state index contributed by atoms with van der Waals surface area (Å²) in [5, 5.41) is 110. The number of phosphoric acid groups is 1. The summed E-state index contributed by atoms with van der Waals surface area (Å²) in [5.41, 5.74) is 0. The molecule has 18 unspecified atom stereocenters. The topological polar surface area (TPSA) is 374 Å². The van der Waals surface area contributed by atoms with Crippen molar-refractivity contribution in [2.75, 3.05) is 26.4 Å². The van der Waals surface area contributed by atoms with Crippen LogP contribution in [0.5, 0.6) is 0 Å². The lowest BCUT2D eigenvalue weighted by Gasteiger charge is -2.49. The van der Waals surface area contributed by atoms with Crippen molar-refractivity contribution in [2.24, 2.45) is 0 Å². The molecular weight excluding hydrogens is 1230 g/mol. The third kappa shape index (κ3) is 34.9. The van der Waals surface area contributed by atoms with Crippen molar-refractivity contribution >= 4 is 25.7 Å². The van der Waals surface area contributed by atoms with Crippen molar-refractivity contribution in [1.82, 2.24) is 0 Å². The maximum atomic E-state index is 14.3. The van der Waals surface area contributed by atoms with E-state index >= 15 is 0 Å². The molecule has 0 aromatic carbocycles. The lowest BCUT2D eigenvalue weighted by atomic mass is 9.84. The summed E-state index contributed by atoms with van der Waals surface area (Å²) < 4.78 is 64.9. The third-order valence-corrected chi connectivity index (χ3v) is 18.8. The number of allylic oxidation sites excluding steroid dienone is 2. The molecule has 24 nitrogen and oxygen atoms in total. The monoisotopic (exact) mass is 1360 g/mol. The number of ether oxygens (including phenoxy) is 7. The molecule has 18 atom stereocenters. The predicted octanol–water partition coefficient (Wildman–Crippen LogP) is 8.79. The average Bonchev–Trinajstić information content (AvgIpc) is 0.825. The molecule has 0 radical (unpaired) electrons. The van der Waals surface area contributed by atoms with Crippen molar-refractivity contribution < 1.29 is 117 Å². The summed E-state index contributed by atoms with van der Waals surface area (Å²) in [6.07, 6.45) is 7.35. The minimum absolute atomic E-state index is 0.0314. The number of hydrogen-bond acceptors (Lipinski definition) is 23. The molecule has 11 N–H and O–H groups in total. The third-order valence-electron chi connectivity index (χ3n) is 17.8. The molecule has 0 bridgehead atoms. The van der Waals surface area contributed by atoms with Crippen molar-refractivity contribution in [3.63, 3.8) is 0 Å². The largest absolute Gasteiger partial charge is 0.472 e. The molecule has 546 valence electrons. The zero-order chi connectivity index (χ0) is 68.2. The standard InChI is InChI=1S/C68H125O24P/c1-4-7-10-13-16-19-22-24-25-26-29-32-35-38-41-44-54(72)87-49(46-84-52(70)42-39-36-33-31-28-23-20-17-14-11-8-5-2)47-86-93(82,83)92-66-64(90-67-62(80)57(75)55(73)50(45-69)88-67)60(78)59(77)61(79)65(66)91-68-63(81)58(76)56(74)51(89-68)48-85-53(71)43-40-37-34-30-27-21-18-15-12-9-6-3/h19,22,49-51,55-69,73-81H,4-18,20-21,23-48H2,1-3H3,(H,82,83)/b22-19-. The SMILES string of the molecule is CCCCCC/C=C\CCCCCCCCCC(=O)OC(COC(=O)CCCCCCCCCCCCCC)COP(=O)(O)OC1C(OC2OC(CO)C(O)C(O)C2O)C(O)C(O)C(O)C1OC1OC(COC(=O)CCCCCCCCCCCCC)C(O)C(O)C1O. The number of rotatable bonds is 55. The van der Waals surface area contributed by atoms with E-state index in [1.807, 2.05) is 0 Å². The van der Waals surface area contributed by atoms with Crippen LogP contribution in [0, 0.1) is 0 Å². The Labute approximate surface area is 554 Å². The van der Waals surface area contributed by atoms with Gasteiger partial charge in [0.05, 0.1) is 13.2 Å². The zero-order valence-corrected chi connectivity index (χ0v) is 57.4. The molecule has 0 spiro atoms. The summed E-state index contributed by atoms with van der Waals surface area (Å²) in [5.74, 6) is -1.99. The van der Waals surface area contributed by atoms with Gasteiger partial charge >= 0.3 is 25.7 Å². The highest BCUT2D eigenvalue weighted by molar-refractivity contribution is 7.47. The lowest BCUT2D eigenvalue weighted by Crippen LogP contribution is -2.69. The van der Waals surface area contributed by atoms with Gasteiger partial charge < -0.3 is 89.1 Å². The van der Waals surface area contributed by atoms with Gasteiger partial charge in [0, 0.05) is 19.3 Å². The Morgan fingerprint density at radius 3 is 1.17 bits per heavy atom. The lowest BCUT2D eigenvalue weighted by molar-refractivity contribution is -0.360. The smallest absolute Gasteiger partial charge is 0.463 e. The van der Waals surface area contributed by atoms with Crippen LogP contribution in [-0.2, 0) is 61.2 Å². The van der Waals surface area contributed by atoms with E-state index in [1.165, 1.54) is 96.3 Å². The summed E-state index contributed by atoms with van der Waals surface area (Å²) >= 11 is 0. The van der Waals surface area contributed by atoms with Crippen molar-refractivity contribution in [3.05, 3.63) is 12.2 Å². The highest BCUT2D eigenvalue weighted by Gasteiger charge is 2.58. The fourth-order valence-corrected chi connectivity index (χ4v) is 12.8. The Kier molecular flexibility index (Phi) is 46.5. The fourth-order valence-electron chi connectivity index (χ4n) is 11.9. The van der Waals surface area contributed by atoms with Crippen LogP contribution in [-0.4, -0.2) is 204 Å². The van der Waals surface area contributed by atoms with Gasteiger partial charge in [-0.2, -0.15) is 0 Å². The van der Waals surface area contributed by atoms with Gasteiger partial charge in [-0.05, 0) is 44.9 Å². The number of hydrogen-bond donors (Lipinski definition) is 11. The van der Waals surface area contributed by atoms with E-state index in [4.69, 9.17) is 42.2 Å². The molecule has 2 aliphatic heterocycles. The maximum absolute atomic E-state index is 14.3. The van der Waals surface area contributed by atoms with Crippen LogP contribution in [0.3, 0.4) is 0 Å². The molecule has 3 rings (SSSR count). The normalized spacial score (nSPS) is 28.5. The van der Waals surface area contributed by atoms with Gasteiger partial charge in [0.1, 0.15) is 98.7 Å². The highest BCUT2D eigenvalue weighted by atomic mass is 31.2. The first kappa shape index (κ1) is 84.9. The first-order chi connectivity index (χ1) is 44.8. The summed E-state index contributed by atoms with van der Waals surface area (Å²) in [6.45, 7) is 3.40. The molecule has 2 saturated heterocycles. The predicted molar refractivity (Wildman–Crippen MR) is 347 cm³/mol. The van der Waals surface area contributed by atoms with Gasteiger partial charge in [0.2, 0.25) is 0 Å². The van der Waals surface area contributed by atoms with E-state index in [0.29, 0.717) is 19.3 Å². The van der Waals surface area contributed by atoms with Crippen LogP contribution in [0.1, 0.15) is 271 Å². The van der Waals surface area contributed by atoms with Crippen LogP contribution in [0.15, 0.2) is 12.2 Å². The van der Waals surface area contributed by atoms with Crippen LogP contribution in [0.2, 0.25) is 0 Å². The molecule has 3 aliphatic rings. The Hall–Kier alpha value is -2.30. The number of phosphoric ester groups is 1. The average molecular weight is 1360 g/mol. The molecule has 0 aromatic rings. The molecule has 0 aromatic heterocycles. The second kappa shape index (κ2) is 50.9. The molecular formula is C68H125O24P. The van der Waals surface area contributed by atoms with E-state index in [1.54, 1.807) is 0 Å². The number of carbonyl (C=O) groups is 3. The minimum atomic E-state index is -5.69. The van der Waals surface area contributed by atoms with Crippen LogP contribution >= 0.6 is 7.82 Å². The van der Waals surface area contributed by atoms with Crippen molar-refractivity contribution in [2.45, 2.75) is 375 Å². The van der Waals surface area contributed by atoms with Gasteiger partial charge in [-0.25, -0.2) is 4.57 Å². The summed E-state index contributed by atoms with van der Waals surface area (Å²) in [7, 11) is -5.69. The molecule has 2 heterocycles. The molecule has 3 fully saturated rings.